The van der Waals surface area contributed by atoms with Crippen molar-refractivity contribution in [3.8, 4) is 0 Å². The van der Waals surface area contributed by atoms with Gasteiger partial charge in [-0.2, -0.15) is 0 Å². The van der Waals surface area contributed by atoms with Gasteiger partial charge in [0.25, 0.3) is 0 Å². The molecular formula is C30H47Cl3N4O14Si. The predicted octanol–water partition coefficient (Wildman–Crippen LogP) is 4.57. The lowest BCUT2D eigenvalue weighted by Crippen LogP contribution is -2.70. The maximum atomic E-state index is 13.2. The minimum absolute atomic E-state index is 0.0219. The van der Waals surface area contributed by atoms with E-state index in [4.69, 9.17) is 81.9 Å². The molecule has 3 fully saturated rings. The largest absolute Gasteiger partial charge is 0.463 e. The van der Waals surface area contributed by atoms with Crippen molar-refractivity contribution in [3.63, 3.8) is 0 Å². The van der Waals surface area contributed by atoms with Crippen LogP contribution in [0.15, 0.2) is 5.11 Å². The molecule has 22 heteroatoms. The zero-order chi connectivity index (χ0) is 39.4. The third-order valence-electron chi connectivity index (χ3n) is 8.68. The molecule has 0 saturated carbocycles. The second-order valence-electron chi connectivity index (χ2n) is 14.4. The van der Waals surface area contributed by atoms with E-state index in [0.717, 1.165) is 20.8 Å². The number of carbonyl (C=O) groups is 4. The highest BCUT2D eigenvalue weighted by atomic mass is 35.6. The lowest BCUT2D eigenvalue weighted by atomic mass is 9.93. The minimum atomic E-state index is -2.61. The van der Waals surface area contributed by atoms with Gasteiger partial charge in [-0.15, -0.1) is 0 Å². The maximum absolute atomic E-state index is 13.2. The quantitative estimate of drug-likeness (QED) is 0.0574. The highest BCUT2D eigenvalue weighted by Gasteiger charge is 2.58. The summed E-state index contributed by atoms with van der Waals surface area (Å²) in [6, 6.07) is -2.77. The van der Waals surface area contributed by atoms with Crippen LogP contribution in [0, 0.1) is 0 Å². The Morgan fingerprint density at radius 2 is 1.56 bits per heavy atom. The minimum Gasteiger partial charge on any atom is -0.463 e. The summed E-state index contributed by atoms with van der Waals surface area (Å²) < 4.78 is 57.4. The number of esters is 3. The van der Waals surface area contributed by atoms with Gasteiger partial charge >= 0.3 is 24.0 Å². The molecule has 18 nitrogen and oxygen atoms in total. The number of alkyl halides is 3. The van der Waals surface area contributed by atoms with Crippen molar-refractivity contribution in [1.82, 2.24) is 5.32 Å². The first-order valence-electron chi connectivity index (χ1n) is 16.3. The first kappa shape index (κ1) is 44.2. The Hall–Kier alpha value is -2.16. The van der Waals surface area contributed by atoms with E-state index >= 15 is 0 Å². The standard InChI is InChI=1S/C30H47Cl3N4O14Si/c1-14(38)42-11-17-21(45-15(2)39)23(46-16(3)40)19(35-27(41)43-13-30(31,32)33)25(47-17)49-24-20(36-37-34)26(51-52(9,10)28(4,5)6)48-18-12-44-29(7,8)50-22(18)24/h17-26H,11-13H2,1-10H3,(H,35,41)/t17-,18-,19-,20-,21-,22-,23-,24-,25+,26+/m1/s1. The SMILES string of the molecule is CC(=O)OC[C@H]1O[C@@H](O[C@@H]2[C@@H](N=[N+]=[N-])[C@H](O[Si](C)(C)C(C)(C)C)O[C@@H]3COC(C)(C)O[C@@H]23)[C@H](NC(=O)OCC(Cl)(Cl)Cl)[C@@H](OC(C)=O)[C@@H]1OC(C)=O. The summed E-state index contributed by atoms with van der Waals surface area (Å²) in [5.74, 6) is -3.55. The number of alkyl carbamates (subject to hydrolysis) is 1. The molecular weight excluding hydrogens is 775 g/mol. The molecule has 3 saturated heterocycles. The monoisotopic (exact) mass is 820 g/mol. The molecule has 0 aromatic heterocycles. The molecule has 3 aliphatic heterocycles. The first-order chi connectivity index (χ1) is 23.8. The van der Waals surface area contributed by atoms with Crippen molar-refractivity contribution in [2.24, 2.45) is 5.11 Å². The maximum Gasteiger partial charge on any atom is 0.407 e. The topological polar surface area (TPSA) is 221 Å². The Labute approximate surface area is 317 Å². The Bertz CT molecular complexity index is 1360. The van der Waals surface area contributed by atoms with E-state index in [1.54, 1.807) is 13.8 Å². The fraction of sp³-hybridized carbons (Fsp3) is 0.867. The Morgan fingerprint density at radius 3 is 2.10 bits per heavy atom. The zero-order valence-corrected chi connectivity index (χ0v) is 33.9. The van der Waals surface area contributed by atoms with Crippen LogP contribution < -0.4 is 5.32 Å². The molecule has 0 radical (unpaired) electrons. The van der Waals surface area contributed by atoms with E-state index in [-0.39, 0.29) is 11.6 Å². The number of hydrogen-bond acceptors (Lipinski definition) is 15. The summed E-state index contributed by atoms with van der Waals surface area (Å²) in [6.45, 7) is 15.5. The fourth-order valence-corrected chi connectivity index (χ4v) is 6.66. The van der Waals surface area contributed by atoms with Crippen molar-refractivity contribution in [2.75, 3.05) is 19.8 Å². The van der Waals surface area contributed by atoms with E-state index in [9.17, 15) is 24.7 Å². The van der Waals surface area contributed by atoms with Crippen LogP contribution in [-0.2, 0) is 61.4 Å². The van der Waals surface area contributed by atoms with Crippen LogP contribution in [-0.4, -0.2) is 123 Å². The number of halogens is 3. The highest BCUT2D eigenvalue weighted by molar-refractivity contribution is 6.74. The van der Waals surface area contributed by atoms with Crippen molar-refractivity contribution < 1.29 is 66.2 Å². The Balaban J connectivity index is 2.18. The van der Waals surface area contributed by atoms with E-state index in [0.29, 0.717) is 0 Å². The zero-order valence-electron chi connectivity index (χ0n) is 30.6. The highest BCUT2D eigenvalue weighted by Crippen LogP contribution is 2.42. The van der Waals surface area contributed by atoms with Crippen LogP contribution in [0.1, 0.15) is 55.4 Å². The summed E-state index contributed by atoms with van der Waals surface area (Å²) in [6.07, 6.45) is -11.4. The van der Waals surface area contributed by atoms with Gasteiger partial charge in [-0.1, -0.05) is 60.7 Å². The Morgan fingerprint density at radius 1 is 0.942 bits per heavy atom. The summed E-state index contributed by atoms with van der Waals surface area (Å²) in [4.78, 5) is 52.9. The van der Waals surface area contributed by atoms with Gasteiger partial charge in [0.2, 0.25) is 3.79 Å². The normalized spacial score (nSPS) is 31.9. The lowest BCUT2D eigenvalue weighted by Gasteiger charge is -2.53. The van der Waals surface area contributed by atoms with E-state index < -0.39 is 116 Å². The number of nitrogens with zero attached hydrogens (tertiary/aromatic N) is 3. The van der Waals surface area contributed by atoms with Crippen LogP contribution in [0.25, 0.3) is 10.4 Å². The second kappa shape index (κ2) is 17.5. The van der Waals surface area contributed by atoms with E-state index in [2.05, 4.69) is 15.3 Å². The first-order valence-corrected chi connectivity index (χ1v) is 20.4. The van der Waals surface area contributed by atoms with Crippen molar-refractivity contribution in [1.29, 1.82) is 0 Å². The van der Waals surface area contributed by atoms with Crippen molar-refractivity contribution in [2.45, 2.75) is 144 Å². The molecule has 0 aromatic carbocycles. The molecule has 3 aliphatic rings. The van der Waals surface area contributed by atoms with Crippen molar-refractivity contribution >= 4 is 67.1 Å². The average Bonchev–Trinajstić information content (AvgIpc) is 2.98. The smallest absolute Gasteiger partial charge is 0.407 e. The lowest BCUT2D eigenvalue weighted by molar-refractivity contribution is -0.381. The van der Waals surface area contributed by atoms with Crippen molar-refractivity contribution in [3.05, 3.63) is 10.4 Å². The van der Waals surface area contributed by atoms with Gasteiger partial charge in [0.1, 0.15) is 49.7 Å². The van der Waals surface area contributed by atoms with E-state index in [1.165, 1.54) is 0 Å². The van der Waals surface area contributed by atoms with Crippen LogP contribution in [0.5, 0.6) is 0 Å². The number of fused-ring (bicyclic) bond motifs is 1. The van der Waals surface area contributed by atoms with Gasteiger partial charge in [0, 0.05) is 25.7 Å². The van der Waals surface area contributed by atoms with Gasteiger partial charge in [-0.25, -0.2) is 4.79 Å². The predicted molar refractivity (Wildman–Crippen MR) is 185 cm³/mol. The third-order valence-corrected chi connectivity index (χ3v) is 13.4. The number of azide groups is 1. The van der Waals surface area contributed by atoms with E-state index in [1.807, 2.05) is 33.9 Å². The number of carbonyl (C=O) groups excluding carboxylic acids is 4. The molecule has 0 aromatic rings. The number of hydrogen-bond donors (Lipinski definition) is 1. The molecule has 0 bridgehead atoms. The molecule has 0 unspecified atom stereocenters. The van der Waals surface area contributed by atoms with Gasteiger partial charge in [-0.3, -0.25) is 14.4 Å². The summed E-state index contributed by atoms with van der Waals surface area (Å²) in [7, 11) is -2.61. The number of ether oxygens (including phenoxy) is 9. The molecule has 52 heavy (non-hydrogen) atoms. The average molecular weight is 822 g/mol. The molecule has 0 aliphatic carbocycles. The molecule has 10 atom stereocenters. The second-order valence-corrected chi connectivity index (χ2v) is 21.6. The van der Waals surface area contributed by atoms with Crippen LogP contribution in [0.3, 0.4) is 0 Å². The molecule has 3 rings (SSSR count). The number of nitrogens with one attached hydrogen (secondary N) is 1. The van der Waals surface area contributed by atoms with Gasteiger partial charge < -0.3 is 52.4 Å². The van der Waals surface area contributed by atoms with Gasteiger partial charge in [0.05, 0.1) is 6.61 Å². The van der Waals surface area contributed by atoms with Crippen LogP contribution >= 0.6 is 34.8 Å². The molecule has 296 valence electrons. The van der Waals surface area contributed by atoms with Gasteiger partial charge in [0.15, 0.2) is 38.9 Å². The number of amides is 1. The molecule has 1 amide bonds. The summed E-state index contributed by atoms with van der Waals surface area (Å²) in [5.41, 5.74) is 9.78. The number of rotatable bonds is 11. The molecule has 0 spiro atoms. The fourth-order valence-electron chi connectivity index (χ4n) is 5.37. The third kappa shape index (κ3) is 12.2. The summed E-state index contributed by atoms with van der Waals surface area (Å²) >= 11 is 17.3. The van der Waals surface area contributed by atoms with Crippen LogP contribution in [0.2, 0.25) is 18.1 Å². The molecule has 1 N–H and O–H groups in total. The van der Waals surface area contributed by atoms with Gasteiger partial charge in [-0.05, 0) is 37.5 Å². The summed E-state index contributed by atoms with van der Waals surface area (Å²) in [5, 5.41) is 6.22. The molecule has 3 heterocycles. The van der Waals surface area contributed by atoms with Crippen LogP contribution in [0.4, 0.5) is 4.79 Å². The Kier molecular flexibility index (Phi) is 14.9.